The molecule has 0 saturated heterocycles. The Labute approximate surface area is 171 Å². The third-order valence-electron chi connectivity index (χ3n) is 4.93. The quantitative estimate of drug-likeness (QED) is 0.532. The van der Waals surface area contributed by atoms with Crippen molar-refractivity contribution in [1.29, 1.82) is 0 Å². The smallest absolute Gasteiger partial charge is 0.224 e. The summed E-state index contributed by atoms with van der Waals surface area (Å²) in [5, 5.41) is 16.6. The number of aryl methyl sites for hydroxylation is 1. The Morgan fingerprint density at radius 3 is 2.72 bits per heavy atom. The topological polar surface area (TPSA) is 89.0 Å². The lowest BCUT2D eigenvalue weighted by Crippen LogP contribution is -2.21. The molecule has 0 unspecified atom stereocenters. The molecule has 1 heterocycles. The van der Waals surface area contributed by atoms with Crippen LogP contribution in [-0.2, 0) is 17.6 Å². The number of para-hydroxylation sites is 1. The Morgan fingerprint density at radius 2 is 1.93 bits per heavy atom. The molecule has 3 rings (SSSR count). The van der Waals surface area contributed by atoms with E-state index in [1.165, 1.54) is 7.11 Å². The molecular formula is C22H28N2O5. The van der Waals surface area contributed by atoms with Gasteiger partial charge >= 0.3 is 0 Å². The van der Waals surface area contributed by atoms with Crippen molar-refractivity contribution in [2.45, 2.75) is 25.7 Å². The Kier molecular flexibility index (Phi) is 7.19. The first-order chi connectivity index (χ1) is 14.1. The van der Waals surface area contributed by atoms with E-state index in [2.05, 4.69) is 10.6 Å². The van der Waals surface area contributed by atoms with Crippen molar-refractivity contribution in [3.8, 4) is 23.0 Å². The lowest BCUT2D eigenvalue weighted by Gasteiger charge is -2.20. The molecular weight excluding hydrogens is 372 g/mol. The number of rotatable bonds is 10. The molecule has 0 radical (unpaired) electrons. The number of anilines is 1. The van der Waals surface area contributed by atoms with Gasteiger partial charge in [0.25, 0.3) is 0 Å². The summed E-state index contributed by atoms with van der Waals surface area (Å²) in [6.07, 6.45) is 2.78. The lowest BCUT2D eigenvalue weighted by molar-refractivity contribution is -0.116. The van der Waals surface area contributed by atoms with E-state index in [-0.39, 0.29) is 11.7 Å². The third-order valence-corrected chi connectivity index (χ3v) is 4.93. The molecule has 0 saturated carbocycles. The van der Waals surface area contributed by atoms with E-state index in [9.17, 15) is 9.90 Å². The zero-order valence-electron chi connectivity index (χ0n) is 16.9. The minimum atomic E-state index is 0.0358. The number of ether oxygens (including phenoxy) is 3. The van der Waals surface area contributed by atoms with E-state index in [1.54, 1.807) is 13.2 Å². The van der Waals surface area contributed by atoms with E-state index in [1.807, 2.05) is 24.3 Å². The van der Waals surface area contributed by atoms with Crippen LogP contribution in [0.25, 0.3) is 0 Å². The fraction of sp³-hybridized carbons (Fsp3) is 0.409. The van der Waals surface area contributed by atoms with E-state index in [4.69, 9.17) is 14.2 Å². The number of methoxy groups -OCH3 is 2. The minimum Gasteiger partial charge on any atom is -0.504 e. The van der Waals surface area contributed by atoms with E-state index >= 15 is 0 Å². The molecule has 0 spiro atoms. The zero-order chi connectivity index (χ0) is 20.6. The van der Waals surface area contributed by atoms with Crippen LogP contribution in [0.1, 0.15) is 24.0 Å². The van der Waals surface area contributed by atoms with Gasteiger partial charge in [-0.25, -0.2) is 0 Å². The molecule has 0 aromatic heterocycles. The molecule has 29 heavy (non-hydrogen) atoms. The molecule has 0 fully saturated rings. The molecule has 1 aliphatic heterocycles. The fourth-order valence-corrected chi connectivity index (χ4v) is 3.38. The molecule has 0 atom stereocenters. The minimum absolute atomic E-state index is 0.0358. The summed E-state index contributed by atoms with van der Waals surface area (Å²) < 4.78 is 16.3. The third kappa shape index (κ3) is 5.12. The Balaban J connectivity index is 1.40. The first-order valence-corrected chi connectivity index (χ1v) is 9.82. The number of hydrogen-bond acceptors (Lipinski definition) is 6. The second kappa shape index (κ2) is 10.0. The van der Waals surface area contributed by atoms with Crippen LogP contribution in [0.3, 0.4) is 0 Å². The highest BCUT2D eigenvalue weighted by Gasteiger charge is 2.18. The van der Waals surface area contributed by atoms with E-state index < -0.39 is 0 Å². The summed E-state index contributed by atoms with van der Waals surface area (Å²) in [4.78, 5) is 11.6. The zero-order valence-corrected chi connectivity index (χ0v) is 16.9. The van der Waals surface area contributed by atoms with Crippen LogP contribution in [0.15, 0.2) is 30.3 Å². The number of carbonyl (C=O) groups is 1. The summed E-state index contributed by atoms with van der Waals surface area (Å²) in [5.74, 6) is 1.75. The first kappa shape index (κ1) is 20.8. The highest BCUT2D eigenvalue weighted by atomic mass is 16.5. The average Bonchev–Trinajstić information content (AvgIpc) is 2.73. The second-order valence-corrected chi connectivity index (χ2v) is 6.85. The molecule has 2 aromatic carbocycles. The molecule has 3 N–H and O–H groups in total. The summed E-state index contributed by atoms with van der Waals surface area (Å²) >= 11 is 0. The van der Waals surface area contributed by atoms with Gasteiger partial charge in [0.05, 0.1) is 26.5 Å². The maximum Gasteiger partial charge on any atom is 0.224 e. The van der Waals surface area contributed by atoms with Crippen molar-refractivity contribution >= 4 is 11.6 Å². The van der Waals surface area contributed by atoms with Gasteiger partial charge in [-0.15, -0.1) is 0 Å². The number of hydrogen-bond donors (Lipinski definition) is 3. The molecule has 1 amide bonds. The summed E-state index contributed by atoms with van der Waals surface area (Å²) in [6.45, 7) is 2.07. The van der Waals surface area contributed by atoms with Gasteiger partial charge in [-0.1, -0.05) is 18.2 Å². The van der Waals surface area contributed by atoms with Crippen LogP contribution in [0.5, 0.6) is 23.0 Å². The second-order valence-electron chi connectivity index (χ2n) is 6.85. The van der Waals surface area contributed by atoms with Crippen molar-refractivity contribution < 1.29 is 24.1 Å². The van der Waals surface area contributed by atoms with Crippen molar-refractivity contribution in [3.63, 3.8) is 0 Å². The van der Waals surface area contributed by atoms with E-state index in [0.29, 0.717) is 30.9 Å². The SMILES string of the molecule is COc1ccc(CCNCCCOc2cccc3c2NC(=O)CC3)c(O)c1OC. The number of amides is 1. The van der Waals surface area contributed by atoms with Gasteiger partial charge in [-0.2, -0.15) is 0 Å². The average molecular weight is 400 g/mol. The lowest BCUT2D eigenvalue weighted by atomic mass is 10.0. The molecule has 2 aromatic rings. The van der Waals surface area contributed by atoms with E-state index in [0.717, 1.165) is 48.5 Å². The van der Waals surface area contributed by atoms with Gasteiger partial charge in [0.1, 0.15) is 5.75 Å². The highest BCUT2D eigenvalue weighted by molar-refractivity contribution is 5.95. The fourth-order valence-electron chi connectivity index (χ4n) is 3.38. The van der Waals surface area contributed by atoms with Gasteiger partial charge in [-0.3, -0.25) is 4.79 Å². The molecule has 7 heteroatoms. The number of nitrogens with one attached hydrogen (secondary N) is 2. The largest absolute Gasteiger partial charge is 0.504 e. The van der Waals surface area contributed by atoms with Gasteiger partial charge in [0.2, 0.25) is 11.7 Å². The van der Waals surface area contributed by atoms with Crippen molar-refractivity contribution in [1.82, 2.24) is 5.32 Å². The monoisotopic (exact) mass is 400 g/mol. The van der Waals surface area contributed by atoms with Crippen LogP contribution >= 0.6 is 0 Å². The summed E-state index contributed by atoms with van der Waals surface area (Å²) in [5.41, 5.74) is 2.73. The van der Waals surface area contributed by atoms with Gasteiger partial charge < -0.3 is 30.0 Å². The Bertz CT molecular complexity index is 853. The number of phenolic OH excluding ortho intramolecular Hbond substituents is 1. The van der Waals surface area contributed by atoms with Gasteiger partial charge in [0.15, 0.2) is 11.5 Å². The van der Waals surface area contributed by atoms with Crippen LogP contribution in [0.4, 0.5) is 5.69 Å². The Morgan fingerprint density at radius 1 is 1.07 bits per heavy atom. The molecule has 1 aliphatic rings. The van der Waals surface area contributed by atoms with Crippen molar-refractivity contribution in [2.75, 3.05) is 39.2 Å². The Hall–Kier alpha value is -2.93. The van der Waals surface area contributed by atoms with Gasteiger partial charge in [0, 0.05) is 6.42 Å². The summed E-state index contributed by atoms with van der Waals surface area (Å²) in [6, 6.07) is 9.50. The number of aromatic hydroxyl groups is 1. The van der Waals surface area contributed by atoms with Crippen molar-refractivity contribution in [2.24, 2.45) is 0 Å². The molecule has 7 nitrogen and oxygen atoms in total. The van der Waals surface area contributed by atoms with Crippen LogP contribution in [0, 0.1) is 0 Å². The van der Waals surface area contributed by atoms with Crippen LogP contribution in [-0.4, -0.2) is 44.9 Å². The molecule has 0 bridgehead atoms. The normalized spacial score (nSPS) is 12.8. The maximum absolute atomic E-state index is 11.6. The molecule has 156 valence electrons. The van der Waals surface area contributed by atoms with Crippen molar-refractivity contribution in [3.05, 3.63) is 41.5 Å². The predicted octanol–water partition coefficient (Wildman–Crippen LogP) is 2.90. The highest BCUT2D eigenvalue weighted by Crippen LogP contribution is 2.38. The number of carbonyl (C=O) groups excluding carboxylic acids is 1. The number of benzene rings is 2. The standard InChI is InChI=1S/C22H28N2O5/c1-27-18-9-7-16(21(26)22(18)28-2)11-13-23-12-4-14-29-17-6-3-5-15-8-10-19(25)24-20(15)17/h3,5-7,9,23,26H,4,8,10-14H2,1-2H3,(H,24,25). The van der Waals surface area contributed by atoms with Crippen LogP contribution < -0.4 is 24.8 Å². The predicted molar refractivity (Wildman–Crippen MR) is 111 cm³/mol. The van der Waals surface area contributed by atoms with Gasteiger partial charge in [-0.05, 0) is 55.6 Å². The van der Waals surface area contributed by atoms with Crippen LogP contribution in [0.2, 0.25) is 0 Å². The number of fused-ring (bicyclic) bond motifs is 1. The first-order valence-electron chi connectivity index (χ1n) is 9.82. The number of phenols is 1. The summed E-state index contributed by atoms with van der Waals surface area (Å²) in [7, 11) is 3.05. The molecule has 0 aliphatic carbocycles. The maximum atomic E-state index is 11.6.